The van der Waals surface area contributed by atoms with E-state index in [1.54, 1.807) is 18.6 Å². The second kappa shape index (κ2) is 8.64. The molecule has 1 atom stereocenters. The number of carbonyl (C=O) groups excluding carboxylic acids is 1. The van der Waals surface area contributed by atoms with Gasteiger partial charge < -0.3 is 21.1 Å². The maximum absolute atomic E-state index is 13.2. The molecule has 5 rings (SSSR count). The number of nitrogen functional groups attached to an aromatic ring is 1. The smallest absolute Gasteiger partial charge is 0.189 e. The molecule has 8 heteroatoms. The second-order valence-electron chi connectivity index (χ2n) is 8.25. The van der Waals surface area contributed by atoms with Crippen LogP contribution >= 0.6 is 0 Å². The summed E-state index contributed by atoms with van der Waals surface area (Å²) in [6, 6.07) is 8.15. The van der Waals surface area contributed by atoms with Crippen molar-refractivity contribution in [3.05, 3.63) is 65.2 Å². The molecular formula is C24H26N6O2. The highest BCUT2D eigenvalue weighted by atomic mass is 16.5. The molecule has 1 fully saturated rings. The number of Topliss-reactive ketones (excluding diaryl/α,β-unsaturated/α-hetero) is 1. The molecule has 8 nitrogen and oxygen atoms in total. The van der Waals surface area contributed by atoms with Crippen LogP contribution in [0.1, 0.15) is 39.6 Å². The van der Waals surface area contributed by atoms with E-state index in [1.807, 2.05) is 18.2 Å². The number of pyridine rings is 1. The molecule has 1 saturated heterocycles. The summed E-state index contributed by atoms with van der Waals surface area (Å²) in [5.74, 6) is -0.0405. The van der Waals surface area contributed by atoms with Crippen LogP contribution in [0.25, 0.3) is 11.3 Å². The SMILES string of the molecule is Nc1ncc(-c2ccc3c(c2)CCC3N)nc1C(=O)Cc1cnccc1N1CCOCC1. The summed E-state index contributed by atoms with van der Waals surface area (Å²) in [6.45, 7) is 2.90. The summed E-state index contributed by atoms with van der Waals surface area (Å²) >= 11 is 0. The molecule has 1 aliphatic heterocycles. The number of carbonyl (C=O) groups is 1. The lowest BCUT2D eigenvalue weighted by molar-refractivity contribution is 0.0988. The summed E-state index contributed by atoms with van der Waals surface area (Å²) in [4.78, 5) is 28.5. The molecule has 3 aromatic rings. The number of nitrogens with zero attached hydrogens (tertiary/aromatic N) is 4. The average Bonchev–Trinajstić information content (AvgIpc) is 3.20. The lowest BCUT2D eigenvalue weighted by Gasteiger charge is -2.30. The van der Waals surface area contributed by atoms with Crippen molar-refractivity contribution < 1.29 is 9.53 Å². The van der Waals surface area contributed by atoms with Crippen LogP contribution in [0.3, 0.4) is 0 Å². The standard InChI is InChI=1S/C24H26N6O2/c25-19-4-2-15-11-16(1-3-18(15)19)20-14-28-24(26)23(29-20)22(31)12-17-13-27-6-5-21(17)30-7-9-32-10-8-30/h1,3,5-6,11,13-14,19H,2,4,7-10,12,25H2,(H2,26,28). The molecule has 2 aliphatic rings. The number of aryl methyl sites for hydroxylation is 1. The van der Waals surface area contributed by atoms with Crippen LogP contribution in [0.5, 0.6) is 0 Å². The van der Waals surface area contributed by atoms with E-state index in [4.69, 9.17) is 16.2 Å². The number of morpholine rings is 1. The van der Waals surface area contributed by atoms with Crippen molar-refractivity contribution in [1.29, 1.82) is 0 Å². The first kappa shape index (κ1) is 20.5. The van der Waals surface area contributed by atoms with Crippen molar-refractivity contribution >= 4 is 17.3 Å². The van der Waals surface area contributed by atoms with Gasteiger partial charge in [-0.3, -0.25) is 9.78 Å². The molecule has 3 heterocycles. The van der Waals surface area contributed by atoms with Gasteiger partial charge >= 0.3 is 0 Å². The van der Waals surface area contributed by atoms with E-state index in [1.165, 1.54) is 11.1 Å². The summed E-state index contributed by atoms with van der Waals surface area (Å²) in [5, 5.41) is 0. The van der Waals surface area contributed by atoms with E-state index >= 15 is 0 Å². The predicted octanol–water partition coefficient (Wildman–Crippen LogP) is 2.33. The number of anilines is 2. The fraction of sp³-hybridized carbons (Fsp3) is 0.333. The fourth-order valence-corrected chi connectivity index (χ4v) is 4.48. The van der Waals surface area contributed by atoms with Gasteiger partial charge in [0.2, 0.25) is 0 Å². The monoisotopic (exact) mass is 430 g/mol. The fourth-order valence-electron chi connectivity index (χ4n) is 4.48. The Hall–Kier alpha value is -3.36. The van der Waals surface area contributed by atoms with Crippen LogP contribution in [0.2, 0.25) is 0 Å². The highest BCUT2D eigenvalue weighted by Gasteiger charge is 2.22. The Kier molecular flexibility index (Phi) is 5.55. The summed E-state index contributed by atoms with van der Waals surface area (Å²) < 4.78 is 5.45. The minimum absolute atomic E-state index is 0.0915. The Bertz CT molecular complexity index is 1160. The molecule has 164 valence electrons. The Balaban J connectivity index is 1.42. The van der Waals surface area contributed by atoms with Gasteiger partial charge in [-0.15, -0.1) is 0 Å². The largest absolute Gasteiger partial charge is 0.382 e. The lowest BCUT2D eigenvalue weighted by atomic mass is 10.0. The second-order valence-corrected chi connectivity index (χ2v) is 8.25. The predicted molar refractivity (Wildman–Crippen MR) is 122 cm³/mol. The summed E-state index contributed by atoms with van der Waals surface area (Å²) in [5.41, 5.74) is 18.2. The van der Waals surface area contributed by atoms with Gasteiger partial charge in [-0.2, -0.15) is 0 Å². The van der Waals surface area contributed by atoms with Gasteiger partial charge in [-0.25, -0.2) is 9.97 Å². The van der Waals surface area contributed by atoms with E-state index in [2.05, 4.69) is 25.9 Å². The molecule has 4 N–H and O–H groups in total. The van der Waals surface area contributed by atoms with Gasteiger partial charge in [0.05, 0.1) is 25.1 Å². The number of rotatable bonds is 5. The summed E-state index contributed by atoms with van der Waals surface area (Å²) in [6.07, 6.45) is 7.15. The minimum atomic E-state index is -0.178. The van der Waals surface area contributed by atoms with Crippen molar-refractivity contribution in [2.45, 2.75) is 25.3 Å². The van der Waals surface area contributed by atoms with E-state index in [0.717, 1.165) is 42.7 Å². The number of aromatic nitrogens is 3. The van der Waals surface area contributed by atoms with Crippen LogP contribution in [-0.4, -0.2) is 47.0 Å². The molecule has 1 aromatic carbocycles. The van der Waals surface area contributed by atoms with Gasteiger partial charge in [0, 0.05) is 54.8 Å². The van der Waals surface area contributed by atoms with Crippen molar-refractivity contribution in [3.63, 3.8) is 0 Å². The van der Waals surface area contributed by atoms with Crippen LogP contribution in [0.15, 0.2) is 42.9 Å². The van der Waals surface area contributed by atoms with E-state index in [-0.39, 0.29) is 29.8 Å². The molecule has 0 spiro atoms. The number of ether oxygens (including phenoxy) is 1. The molecule has 0 radical (unpaired) electrons. The average molecular weight is 431 g/mol. The Morgan fingerprint density at radius 3 is 2.88 bits per heavy atom. The number of benzene rings is 1. The number of nitrogens with two attached hydrogens (primary N) is 2. The van der Waals surface area contributed by atoms with Gasteiger partial charge in [0.1, 0.15) is 5.69 Å². The highest BCUT2D eigenvalue weighted by Crippen LogP contribution is 2.32. The zero-order valence-corrected chi connectivity index (χ0v) is 17.8. The lowest BCUT2D eigenvalue weighted by Crippen LogP contribution is -2.37. The normalized spacial score (nSPS) is 17.9. The van der Waals surface area contributed by atoms with Crippen LogP contribution < -0.4 is 16.4 Å². The third kappa shape index (κ3) is 3.94. The van der Waals surface area contributed by atoms with Crippen molar-refractivity contribution in [3.8, 4) is 11.3 Å². The molecule has 0 bridgehead atoms. The third-order valence-electron chi connectivity index (χ3n) is 6.21. The Morgan fingerprint density at radius 2 is 2.03 bits per heavy atom. The molecule has 32 heavy (non-hydrogen) atoms. The van der Waals surface area contributed by atoms with Crippen LogP contribution in [0, 0.1) is 0 Å². The Morgan fingerprint density at radius 1 is 1.19 bits per heavy atom. The van der Waals surface area contributed by atoms with E-state index < -0.39 is 0 Å². The van der Waals surface area contributed by atoms with Gasteiger partial charge in [-0.05, 0) is 36.1 Å². The van der Waals surface area contributed by atoms with Crippen LogP contribution in [0.4, 0.5) is 11.5 Å². The first-order valence-electron chi connectivity index (χ1n) is 10.9. The molecule has 1 unspecified atom stereocenters. The van der Waals surface area contributed by atoms with Crippen molar-refractivity contribution in [1.82, 2.24) is 15.0 Å². The number of fused-ring (bicyclic) bond motifs is 1. The third-order valence-corrected chi connectivity index (χ3v) is 6.21. The molecular weight excluding hydrogens is 404 g/mol. The first-order chi connectivity index (χ1) is 15.6. The van der Waals surface area contributed by atoms with E-state index in [9.17, 15) is 4.79 Å². The molecule has 2 aromatic heterocycles. The zero-order valence-electron chi connectivity index (χ0n) is 17.8. The molecule has 0 saturated carbocycles. The van der Waals surface area contributed by atoms with Gasteiger partial charge in [-0.1, -0.05) is 12.1 Å². The quantitative estimate of drug-likeness (QED) is 0.592. The zero-order chi connectivity index (χ0) is 22.1. The topological polar surface area (TPSA) is 120 Å². The Labute approximate surface area is 186 Å². The van der Waals surface area contributed by atoms with E-state index in [0.29, 0.717) is 18.9 Å². The van der Waals surface area contributed by atoms with Crippen molar-refractivity contribution in [2.24, 2.45) is 5.73 Å². The number of ketones is 1. The van der Waals surface area contributed by atoms with Gasteiger partial charge in [0.25, 0.3) is 0 Å². The minimum Gasteiger partial charge on any atom is -0.382 e. The van der Waals surface area contributed by atoms with Crippen LogP contribution in [-0.2, 0) is 17.6 Å². The highest BCUT2D eigenvalue weighted by molar-refractivity contribution is 6.00. The van der Waals surface area contributed by atoms with Gasteiger partial charge in [0.15, 0.2) is 11.6 Å². The number of hydrogen-bond donors (Lipinski definition) is 2. The first-order valence-corrected chi connectivity index (χ1v) is 10.9. The van der Waals surface area contributed by atoms with Crippen molar-refractivity contribution in [2.75, 3.05) is 36.9 Å². The maximum atomic E-state index is 13.2. The molecule has 0 amide bonds. The maximum Gasteiger partial charge on any atom is 0.189 e. The summed E-state index contributed by atoms with van der Waals surface area (Å²) in [7, 11) is 0. The number of hydrogen-bond acceptors (Lipinski definition) is 8. The molecule has 1 aliphatic carbocycles.